The Morgan fingerprint density at radius 3 is 3.00 bits per heavy atom. The molecule has 7 nitrogen and oxygen atoms in total. The standard InChI is InChI=1S/C14H15N5O2/c1-19-7-10(6-16-19)14(20)18-13-4-12-9(5-15-13)3-11(17-12)8-21-2/h3-7,17H,8H2,1-2H3,(H,15,18,20). The second-order valence-electron chi connectivity index (χ2n) is 4.74. The van der Waals surface area contributed by atoms with Crippen molar-refractivity contribution in [2.45, 2.75) is 6.61 Å². The van der Waals surface area contributed by atoms with E-state index in [1.54, 1.807) is 37.3 Å². The summed E-state index contributed by atoms with van der Waals surface area (Å²) in [5, 5.41) is 7.69. The lowest BCUT2D eigenvalue weighted by Crippen LogP contribution is -2.12. The predicted molar refractivity (Wildman–Crippen MR) is 78.0 cm³/mol. The Hall–Kier alpha value is -2.67. The van der Waals surface area contributed by atoms with E-state index in [-0.39, 0.29) is 5.91 Å². The zero-order chi connectivity index (χ0) is 14.8. The molecular weight excluding hydrogens is 270 g/mol. The third-order valence-electron chi connectivity index (χ3n) is 3.07. The van der Waals surface area contributed by atoms with E-state index in [1.165, 1.54) is 6.20 Å². The number of aromatic nitrogens is 4. The number of hydrogen-bond donors (Lipinski definition) is 2. The normalized spacial score (nSPS) is 11.0. The molecule has 1 amide bonds. The Kier molecular flexibility index (Phi) is 3.41. The maximum atomic E-state index is 12.0. The Balaban J connectivity index is 1.82. The van der Waals surface area contributed by atoms with Crippen molar-refractivity contribution in [3.05, 3.63) is 42.0 Å². The zero-order valence-corrected chi connectivity index (χ0v) is 11.8. The van der Waals surface area contributed by atoms with Crippen molar-refractivity contribution in [3.8, 4) is 0 Å². The fraction of sp³-hybridized carbons (Fsp3) is 0.214. The molecule has 3 heterocycles. The van der Waals surface area contributed by atoms with Gasteiger partial charge in [-0.05, 0) is 6.07 Å². The van der Waals surface area contributed by atoms with Crippen LogP contribution in [0.15, 0.2) is 30.7 Å². The number of carbonyl (C=O) groups excluding carboxylic acids is 1. The van der Waals surface area contributed by atoms with E-state index in [9.17, 15) is 4.79 Å². The van der Waals surface area contributed by atoms with Crippen LogP contribution in [0.25, 0.3) is 10.9 Å². The van der Waals surface area contributed by atoms with Gasteiger partial charge >= 0.3 is 0 Å². The van der Waals surface area contributed by atoms with Gasteiger partial charge in [0, 0.05) is 43.7 Å². The molecule has 108 valence electrons. The first-order valence-corrected chi connectivity index (χ1v) is 6.42. The van der Waals surface area contributed by atoms with Crippen LogP contribution in [-0.2, 0) is 18.4 Å². The number of nitrogens with zero attached hydrogens (tertiary/aromatic N) is 3. The second kappa shape index (κ2) is 5.37. The number of carbonyl (C=O) groups is 1. The predicted octanol–water partition coefficient (Wildman–Crippen LogP) is 1.70. The van der Waals surface area contributed by atoms with Crippen LogP contribution in [-0.4, -0.2) is 32.8 Å². The first-order chi connectivity index (χ1) is 10.2. The molecule has 21 heavy (non-hydrogen) atoms. The minimum atomic E-state index is -0.237. The van der Waals surface area contributed by atoms with Gasteiger partial charge in [0.2, 0.25) is 0 Å². The van der Waals surface area contributed by atoms with Gasteiger partial charge < -0.3 is 15.0 Å². The summed E-state index contributed by atoms with van der Waals surface area (Å²) in [4.78, 5) is 19.5. The number of pyridine rings is 1. The largest absolute Gasteiger partial charge is 0.378 e. The van der Waals surface area contributed by atoms with Crippen molar-refractivity contribution in [1.82, 2.24) is 19.7 Å². The number of ether oxygens (including phenoxy) is 1. The lowest BCUT2D eigenvalue weighted by atomic mass is 10.3. The SMILES string of the molecule is COCc1cc2cnc(NC(=O)c3cnn(C)c3)cc2[nH]1. The number of rotatable bonds is 4. The molecule has 0 saturated heterocycles. The monoisotopic (exact) mass is 285 g/mol. The number of methoxy groups -OCH3 is 1. The number of anilines is 1. The summed E-state index contributed by atoms with van der Waals surface area (Å²) in [5.41, 5.74) is 2.36. The van der Waals surface area contributed by atoms with Crippen LogP contribution in [0.2, 0.25) is 0 Å². The maximum absolute atomic E-state index is 12.0. The smallest absolute Gasteiger partial charge is 0.260 e. The molecule has 0 unspecified atom stereocenters. The fourth-order valence-corrected chi connectivity index (χ4v) is 2.11. The van der Waals surface area contributed by atoms with Crippen LogP contribution in [0.4, 0.5) is 5.82 Å². The first kappa shape index (κ1) is 13.3. The summed E-state index contributed by atoms with van der Waals surface area (Å²) in [6.45, 7) is 0.506. The Morgan fingerprint density at radius 2 is 2.29 bits per heavy atom. The minimum Gasteiger partial charge on any atom is -0.378 e. The summed E-state index contributed by atoms with van der Waals surface area (Å²) in [5.74, 6) is 0.251. The molecule has 7 heteroatoms. The molecule has 0 aliphatic heterocycles. The highest BCUT2D eigenvalue weighted by atomic mass is 16.5. The molecule has 0 aliphatic carbocycles. The molecule has 0 bridgehead atoms. The summed E-state index contributed by atoms with van der Waals surface area (Å²) in [6.07, 6.45) is 4.88. The quantitative estimate of drug-likeness (QED) is 0.764. The minimum absolute atomic E-state index is 0.237. The number of hydrogen-bond acceptors (Lipinski definition) is 4. The van der Waals surface area contributed by atoms with Crippen LogP contribution in [0.5, 0.6) is 0 Å². The van der Waals surface area contributed by atoms with Crippen molar-refractivity contribution in [2.24, 2.45) is 7.05 Å². The topological polar surface area (TPSA) is 84.8 Å². The number of nitrogens with one attached hydrogen (secondary N) is 2. The van der Waals surface area contributed by atoms with Crippen molar-refractivity contribution in [3.63, 3.8) is 0 Å². The molecule has 3 rings (SSSR count). The van der Waals surface area contributed by atoms with Gasteiger partial charge in [-0.25, -0.2) is 4.98 Å². The number of aryl methyl sites for hydroxylation is 1. The summed E-state index contributed by atoms with van der Waals surface area (Å²) < 4.78 is 6.66. The third kappa shape index (κ3) is 2.77. The van der Waals surface area contributed by atoms with Gasteiger partial charge in [0.25, 0.3) is 5.91 Å². The molecule has 0 spiro atoms. The van der Waals surface area contributed by atoms with Crippen LogP contribution in [0, 0.1) is 0 Å². The molecule has 3 aromatic rings. The van der Waals surface area contributed by atoms with Crippen LogP contribution < -0.4 is 5.32 Å². The average molecular weight is 285 g/mol. The molecule has 0 aliphatic rings. The molecular formula is C14H15N5O2. The van der Waals surface area contributed by atoms with E-state index >= 15 is 0 Å². The van der Waals surface area contributed by atoms with E-state index in [2.05, 4.69) is 20.4 Å². The summed E-state index contributed by atoms with van der Waals surface area (Å²) >= 11 is 0. The number of H-pyrrole nitrogens is 1. The number of fused-ring (bicyclic) bond motifs is 1. The van der Waals surface area contributed by atoms with E-state index in [0.717, 1.165) is 16.6 Å². The highest BCUT2D eigenvalue weighted by Crippen LogP contribution is 2.18. The molecule has 2 N–H and O–H groups in total. The first-order valence-electron chi connectivity index (χ1n) is 6.42. The molecule has 0 radical (unpaired) electrons. The van der Waals surface area contributed by atoms with Gasteiger partial charge in [-0.3, -0.25) is 9.48 Å². The van der Waals surface area contributed by atoms with Crippen molar-refractivity contribution < 1.29 is 9.53 Å². The fourth-order valence-electron chi connectivity index (χ4n) is 2.11. The van der Waals surface area contributed by atoms with Gasteiger partial charge in [-0.15, -0.1) is 0 Å². The van der Waals surface area contributed by atoms with E-state index in [1.807, 2.05) is 6.07 Å². The highest BCUT2D eigenvalue weighted by Gasteiger charge is 2.10. The highest BCUT2D eigenvalue weighted by molar-refractivity contribution is 6.04. The van der Waals surface area contributed by atoms with E-state index < -0.39 is 0 Å². The lowest BCUT2D eigenvalue weighted by Gasteiger charge is -2.02. The number of aromatic amines is 1. The average Bonchev–Trinajstić information content (AvgIpc) is 3.04. The van der Waals surface area contributed by atoms with Crippen molar-refractivity contribution >= 4 is 22.6 Å². The van der Waals surface area contributed by atoms with Gasteiger partial charge in [0.15, 0.2) is 0 Å². The summed E-state index contributed by atoms with van der Waals surface area (Å²) in [7, 11) is 3.40. The second-order valence-corrected chi connectivity index (χ2v) is 4.74. The molecule has 0 saturated carbocycles. The zero-order valence-electron chi connectivity index (χ0n) is 11.8. The number of amides is 1. The Labute approximate surface area is 120 Å². The molecule has 3 aromatic heterocycles. The van der Waals surface area contributed by atoms with E-state index in [4.69, 9.17) is 4.74 Å². The Bertz CT molecular complexity index is 790. The summed E-state index contributed by atoms with van der Waals surface area (Å²) in [6, 6.07) is 3.77. The maximum Gasteiger partial charge on any atom is 0.260 e. The van der Waals surface area contributed by atoms with Gasteiger partial charge in [0.05, 0.1) is 23.9 Å². The third-order valence-corrected chi connectivity index (χ3v) is 3.07. The van der Waals surface area contributed by atoms with E-state index in [0.29, 0.717) is 18.0 Å². The molecule has 0 fully saturated rings. The van der Waals surface area contributed by atoms with Crippen molar-refractivity contribution in [2.75, 3.05) is 12.4 Å². The lowest BCUT2D eigenvalue weighted by molar-refractivity contribution is 0.102. The van der Waals surface area contributed by atoms with Crippen LogP contribution in [0.1, 0.15) is 16.1 Å². The van der Waals surface area contributed by atoms with Crippen LogP contribution >= 0.6 is 0 Å². The van der Waals surface area contributed by atoms with Gasteiger partial charge in [-0.1, -0.05) is 0 Å². The molecule has 0 aromatic carbocycles. The van der Waals surface area contributed by atoms with Gasteiger partial charge in [-0.2, -0.15) is 5.10 Å². The Morgan fingerprint density at radius 1 is 1.43 bits per heavy atom. The van der Waals surface area contributed by atoms with Gasteiger partial charge in [0.1, 0.15) is 5.82 Å². The van der Waals surface area contributed by atoms with Crippen LogP contribution in [0.3, 0.4) is 0 Å². The van der Waals surface area contributed by atoms with Crippen molar-refractivity contribution in [1.29, 1.82) is 0 Å². The molecule has 0 atom stereocenters.